The number of hydrogen-bond donors (Lipinski definition) is 2. The second kappa shape index (κ2) is 10.5. The average molecular weight is 443 g/mol. The molecule has 0 radical (unpaired) electrons. The van der Waals surface area contributed by atoms with E-state index in [2.05, 4.69) is 60.8 Å². The molecule has 0 saturated carbocycles. The van der Waals surface area contributed by atoms with E-state index >= 15 is 0 Å². The van der Waals surface area contributed by atoms with Crippen molar-refractivity contribution >= 4 is 25.3 Å². The summed E-state index contributed by atoms with van der Waals surface area (Å²) in [6.45, 7) is 0. The molecular formula is C30H18S2. The molecule has 0 spiro atoms. The molecule has 0 aliphatic rings. The van der Waals surface area contributed by atoms with Crippen LogP contribution in [0, 0.1) is 35.5 Å². The standard InChI is InChI=1S/C30H18S2/c31-29-19-15-27(16-20-29)13-11-25-7-3-23(4-8-25)1-2-24-5-9-26(10-6-24)12-14-28-17-21-30(32)22-18-28/h3-10,15-22,31-32H. The second-order valence-corrected chi connectivity index (χ2v) is 8.03. The van der Waals surface area contributed by atoms with E-state index in [1.54, 1.807) is 0 Å². The molecule has 0 aliphatic heterocycles. The molecule has 2 heteroatoms. The molecular weight excluding hydrogens is 424 g/mol. The molecule has 0 aromatic heterocycles. The minimum Gasteiger partial charge on any atom is -0.143 e. The molecule has 0 aliphatic carbocycles. The summed E-state index contributed by atoms with van der Waals surface area (Å²) in [6, 6.07) is 31.5. The highest BCUT2D eigenvalue weighted by atomic mass is 32.1. The van der Waals surface area contributed by atoms with Crippen molar-refractivity contribution < 1.29 is 0 Å². The van der Waals surface area contributed by atoms with Crippen LogP contribution in [-0.2, 0) is 0 Å². The SMILES string of the molecule is Sc1ccc(C#Cc2ccc(C#Cc3ccc(C#Cc4ccc(S)cc4)cc3)cc2)cc1. The van der Waals surface area contributed by atoms with E-state index in [0.717, 1.165) is 43.2 Å². The molecule has 0 amide bonds. The molecule has 0 atom stereocenters. The van der Waals surface area contributed by atoms with Gasteiger partial charge >= 0.3 is 0 Å². The zero-order chi connectivity index (χ0) is 22.2. The van der Waals surface area contributed by atoms with Crippen LogP contribution in [-0.4, -0.2) is 0 Å². The zero-order valence-corrected chi connectivity index (χ0v) is 18.9. The van der Waals surface area contributed by atoms with Crippen molar-refractivity contribution in [3.05, 3.63) is 130 Å². The first-order chi connectivity index (χ1) is 15.6. The maximum Gasteiger partial charge on any atom is 0.0249 e. The summed E-state index contributed by atoms with van der Waals surface area (Å²) >= 11 is 8.58. The van der Waals surface area contributed by atoms with Crippen LogP contribution in [0.2, 0.25) is 0 Å². The third-order valence-corrected chi connectivity index (χ3v) is 5.15. The van der Waals surface area contributed by atoms with Gasteiger partial charge in [0, 0.05) is 43.2 Å². The highest BCUT2D eigenvalue weighted by Gasteiger charge is 1.92. The van der Waals surface area contributed by atoms with E-state index in [4.69, 9.17) is 0 Å². The van der Waals surface area contributed by atoms with Crippen molar-refractivity contribution in [3.63, 3.8) is 0 Å². The van der Waals surface area contributed by atoms with Gasteiger partial charge in [0.2, 0.25) is 0 Å². The zero-order valence-electron chi connectivity index (χ0n) is 17.1. The van der Waals surface area contributed by atoms with E-state index in [0.29, 0.717) is 0 Å². The fraction of sp³-hybridized carbons (Fsp3) is 0. The first-order valence-electron chi connectivity index (χ1n) is 9.98. The van der Waals surface area contributed by atoms with Gasteiger partial charge in [-0.1, -0.05) is 35.5 Å². The van der Waals surface area contributed by atoms with Gasteiger partial charge in [-0.2, -0.15) is 0 Å². The molecule has 0 N–H and O–H groups in total. The van der Waals surface area contributed by atoms with Gasteiger partial charge in [-0.15, -0.1) is 25.3 Å². The van der Waals surface area contributed by atoms with E-state index in [1.807, 2.05) is 97.1 Å². The summed E-state index contributed by atoms with van der Waals surface area (Å²) in [5.41, 5.74) is 5.75. The summed E-state index contributed by atoms with van der Waals surface area (Å²) in [5.74, 6) is 19.1. The molecule has 0 bridgehead atoms. The third kappa shape index (κ3) is 6.38. The minimum atomic E-state index is 0.931. The van der Waals surface area contributed by atoms with Gasteiger partial charge < -0.3 is 0 Å². The summed E-state index contributed by atoms with van der Waals surface area (Å²) in [7, 11) is 0. The van der Waals surface area contributed by atoms with Gasteiger partial charge in [0.25, 0.3) is 0 Å². The van der Waals surface area contributed by atoms with Gasteiger partial charge in [-0.05, 0) is 97.1 Å². The average Bonchev–Trinajstić information content (AvgIpc) is 2.83. The Labute approximate surface area is 200 Å². The monoisotopic (exact) mass is 442 g/mol. The van der Waals surface area contributed by atoms with E-state index in [9.17, 15) is 0 Å². The van der Waals surface area contributed by atoms with Gasteiger partial charge in [0.05, 0.1) is 0 Å². The molecule has 0 fully saturated rings. The highest BCUT2D eigenvalue weighted by Crippen LogP contribution is 2.09. The van der Waals surface area contributed by atoms with Crippen molar-refractivity contribution in [1.29, 1.82) is 0 Å². The molecule has 150 valence electrons. The highest BCUT2D eigenvalue weighted by molar-refractivity contribution is 7.80. The fourth-order valence-corrected chi connectivity index (χ4v) is 3.09. The van der Waals surface area contributed by atoms with Crippen LogP contribution in [0.3, 0.4) is 0 Å². The topological polar surface area (TPSA) is 0 Å². The largest absolute Gasteiger partial charge is 0.143 e. The molecule has 4 aromatic rings. The van der Waals surface area contributed by atoms with Crippen molar-refractivity contribution in [1.82, 2.24) is 0 Å². The van der Waals surface area contributed by atoms with Crippen LogP contribution in [0.25, 0.3) is 0 Å². The number of rotatable bonds is 0. The lowest BCUT2D eigenvalue weighted by atomic mass is 10.1. The predicted molar refractivity (Wildman–Crippen MR) is 138 cm³/mol. The Morgan fingerprint density at radius 2 is 0.438 bits per heavy atom. The lowest BCUT2D eigenvalue weighted by Gasteiger charge is -1.94. The maximum atomic E-state index is 4.29. The van der Waals surface area contributed by atoms with Crippen LogP contribution < -0.4 is 0 Å². The Hall–Kier alpha value is -3.74. The molecule has 0 heterocycles. The molecule has 0 nitrogen and oxygen atoms in total. The Balaban J connectivity index is 1.40. The van der Waals surface area contributed by atoms with Crippen LogP contribution >= 0.6 is 25.3 Å². The van der Waals surface area contributed by atoms with E-state index in [1.165, 1.54) is 0 Å². The third-order valence-electron chi connectivity index (χ3n) is 4.56. The predicted octanol–water partition coefficient (Wildman–Crippen LogP) is 6.46. The number of hydrogen-bond acceptors (Lipinski definition) is 2. The Morgan fingerprint density at radius 3 is 0.625 bits per heavy atom. The molecule has 4 aromatic carbocycles. The van der Waals surface area contributed by atoms with Gasteiger partial charge in [0.15, 0.2) is 0 Å². The van der Waals surface area contributed by atoms with Crippen LogP contribution in [0.5, 0.6) is 0 Å². The first kappa shape index (κ1) is 21.5. The van der Waals surface area contributed by atoms with E-state index in [-0.39, 0.29) is 0 Å². The second-order valence-electron chi connectivity index (χ2n) is 7.00. The Morgan fingerprint density at radius 1 is 0.281 bits per heavy atom. The number of benzene rings is 4. The summed E-state index contributed by atoms with van der Waals surface area (Å²) in [5, 5.41) is 0. The van der Waals surface area contributed by atoms with Crippen LogP contribution in [0.15, 0.2) is 107 Å². The summed E-state index contributed by atoms with van der Waals surface area (Å²) in [6.07, 6.45) is 0. The first-order valence-corrected chi connectivity index (χ1v) is 10.9. The smallest absolute Gasteiger partial charge is 0.0249 e. The summed E-state index contributed by atoms with van der Waals surface area (Å²) < 4.78 is 0. The van der Waals surface area contributed by atoms with Crippen LogP contribution in [0.1, 0.15) is 33.4 Å². The van der Waals surface area contributed by atoms with Crippen LogP contribution in [0.4, 0.5) is 0 Å². The Kier molecular flexibility index (Phi) is 7.07. The minimum absolute atomic E-state index is 0.931. The normalized spacial score (nSPS) is 9.44. The van der Waals surface area contributed by atoms with Crippen molar-refractivity contribution in [2.24, 2.45) is 0 Å². The Bertz CT molecular complexity index is 1280. The molecule has 0 unspecified atom stereocenters. The molecule has 0 saturated heterocycles. The molecule has 4 rings (SSSR count). The van der Waals surface area contributed by atoms with E-state index < -0.39 is 0 Å². The van der Waals surface area contributed by atoms with Gasteiger partial charge in [0.1, 0.15) is 0 Å². The summed E-state index contributed by atoms with van der Waals surface area (Å²) in [4.78, 5) is 1.86. The van der Waals surface area contributed by atoms with Crippen molar-refractivity contribution in [3.8, 4) is 35.5 Å². The quantitative estimate of drug-likeness (QED) is 0.226. The fourth-order valence-electron chi connectivity index (χ4n) is 2.80. The van der Waals surface area contributed by atoms with Crippen molar-refractivity contribution in [2.45, 2.75) is 9.79 Å². The van der Waals surface area contributed by atoms with Crippen molar-refractivity contribution in [2.75, 3.05) is 0 Å². The lowest BCUT2D eigenvalue weighted by molar-refractivity contribution is 1.46. The van der Waals surface area contributed by atoms with Gasteiger partial charge in [-0.25, -0.2) is 0 Å². The maximum absolute atomic E-state index is 4.29. The van der Waals surface area contributed by atoms with Gasteiger partial charge in [-0.3, -0.25) is 0 Å². The lowest BCUT2D eigenvalue weighted by Crippen LogP contribution is -1.80. The molecule has 32 heavy (non-hydrogen) atoms. The number of thiol groups is 2.